The van der Waals surface area contributed by atoms with Crippen LogP contribution >= 0.6 is 0 Å². The quantitative estimate of drug-likeness (QED) is 0.173. The third-order valence-electron chi connectivity index (χ3n) is 7.88. The molecule has 35 heavy (non-hydrogen) atoms. The molecule has 4 aromatic carbocycles. The molecule has 0 unspecified atom stereocenters. The molecule has 1 aliphatic heterocycles. The average Bonchev–Trinajstić information content (AvgIpc) is 3.19. The van der Waals surface area contributed by atoms with Crippen molar-refractivity contribution in [1.82, 2.24) is 4.90 Å². The van der Waals surface area contributed by atoms with Crippen molar-refractivity contribution >= 4 is 33.4 Å². The normalized spacial score (nSPS) is 13.8. The summed E-state index contributed by atoms with van der Waals surface area (Å²) in [6.45, 7) is 4.88. The first kappa shape index (κ1) is 22.0. The van der Waals surface area contributed by atoms with E-state index >= 15 is 0 Å². The smallest absolute Gasteiger partial charge is 0.261 e. The Morgan fingerprint density at radius 2 is 1.14 bits per heavy atom. The molecule has 1 heterocycles. The van der Waals surface area contributed by atoms with E-state index < -0.39 is 0 Å². The minimum Gasteiger partial charge on any atom is -0.274 e. The lowest BCUT2D eigenvalue weighted by Crippen LogP contribution is -2.40. The van der Waals surface area contributed by atoms with Crippen LogP contribution in [-0.2, 0) is 6.42 Å². The highest BCUT2D eigenvalue weighted by atomic mass is 16.2. The Morgan fingerprint density at radius 1 is 0.571 bits per heavy atom. The fraction of sp³-hybridized carbons (Fsp3) is 0.312. The van der Waals surface area contributed by atoms with Gasteiger partial charge in [-0.2, -0.15) is 0 Å². The highest BCUT2D eigenvalue weighted by molar-refractivity contribution is 6.31. The third-order valence-corrected chi connectivity index (χ3v) is 7.88. The van der Waals surface area contributed by atoms with E-state index in [0.717, 1.165) is 47.6 Å². The van der Waals surface area contributed by atoms with E-state index in [-0.39, 0.29) is 11.8 Å². The lowest BCUT2D eigenvalue weighted by molar-refractivity contribution is 0.0608. The van der Waals surface area contributed by atoms with Gasteiger partial charge in [-0.05, 0) is 81.1 Å². The number of hydrogen-bond donors (Lipinski definition) is 0. The van der Waals surface area contributed by atoms with Crippen molar-refractivity contribution in [2.24, 2.45) is 0 Å². The van der Waals surface area contributed by atoms with Crippen LogP contribution in [0.4, 0.5) is 0 Å². The summed E-state index contributed by atoms with van der Waals surface area (Å²) in [4.78, 5) is 28.4. The first-order valence-corrected chi connectivity index (χ1v) is 13.2. The first-order chi connectivity index (χ1) is 17.1. The van der Waals surface area contributed by atoms with Crippen molar-refractivity contribution in [3.63, 3.8) is 0 Å². The third kappa shape index (κ3) is 3.40. The topological polar surface area (TPSA) is 37.4 Å². The fourth-order valence-corrected chi connectivity index (χ4v) is 5.95. The van der Waals surface area contributed by atoms with E-state index in [1.165, 1.54) is 51.6 Å². The Bertz CT molecular complexity index is 1490. The number of aryl methyl sites for hydroxylation is 1. The highest BCUT2D eigenvalue weighted by Gasteiger charge is 2.35. The molecule has 0 radical (unpaired) electrons. The molecule has 3 nitrogen and oxygen atoms in total. The van der Waals surface area contributed by atoms with E-state index in [0.29, 0.717) is 17.7 Å². The van der Waals surface area contributed by atoms with Crippen molar-refractivity contribution in [2.45, 2.75) is 58.8 Å². The Hall–Kier alpha value is -3.46. The molecule has 0 spiro atoms. The molecule has 3 heteroatoms. The Labute approximate surface area is 206 Å². The summed E-state index contributed by atoms with van der Waals surface area (Å²) >= 11 is 0. The van der Waals surface area contributed by atoms with E-state index in [1.807, 2.05) is 12.1 Å². The summed E-state index contributed by atoms with van der Waals surface area (Å²) in [6, 6.07) is 19.3. The molecule has 0 saturated carbocycles. The molecular formula is C32H31NO2. The highest BCUT2D eigenvalue weighted by Crippen LogP contribution is 2.51. The standard InChI is InChI=1S/C32H31NO2/c1-3-5-6-7-8-9-16-33-31(34)25-14-12-23-27-18-21-11-10-20(4-2)17-22(21)19-28(27)24-13-15-26(32(33)35)30(25)29(23)24/h10-15,17-19H,3-9,16H2,1-2H3. The van der Waals surface area contributed by atoms with Gasteiger partial charge in [-0.3, -0.25) is 14.5 Å². The number of carbonyl (C=O) groups is 2. The van der Waals surface area contributed by atoms with Gasteiger partial charge in [-0.25, -0.2) is 0 Å². The van der Waals surface area contributed by atoms with Crippen LogP contribution in [0.1, 0.15) is 78.7 Å². The van der Waals surface area contributed by atoms with E-state index in [2.05, 4.69) is 56.3 Å². The molecule has 0 fully saturated rings. The number of benzene rings is 4. The van der Waals surface area contributed by atoms with Gasteiger partial charge >= 0.3 is 0 Å². The monoisotopic (exact) mass is 461 g/mol. The Morgan fingerprint density at radius 3 is 1.80 bits per heavy atom. The molecule has 176 valence electrons. The fourth-order valence-electron chi connectivity index (χ4n) is 5.95. The summed E-state index contributed by atoms with van der Waals surface area (Å²) in [5, 5.41) is 4.35. The number of rotatable bonds is 8. The number of unbranched alkanes of at least 4 members (excludes halogenated alkanes) is 5. The van der Waals surface area contributed by atoms with Gasteiger partial charge in [-0.1, -0.05) is 76.3 Å². The van der Waals surface area contributed by atoms with Crippen LogP contribution in [0.2, 0.25) is 0 Å². The van der Waals surface area contributed by atoms with Crippen LogP contribution in [0.3, 0.4) is 0 Å². The zero-order chi connectivity index (χ0) is 24.1. The van der Waals surface area contributed by atoms with Gasteiger partial charge in [-0.15, -0.1) is 0 Å². The van der Waals surface area contributed by atoms with Crippen LogP contribution in [0.15, 0.2) is 54.6 Å². The van der Waals surface area contributed by atoms with Crippen LogP contribution in [0.25, 0.3) is 43.8 Å². The molecule has 4 aromatic rings. The van der Waals surface area contributed by atoms with E-state index in [9.17, 15) is 9.59 Å². The number of amides is 2. The van der Waals surface area contributed by atoms with E-state index in [1.54, 1.807) is 0 Å². The SMILES string of the molecule is CCCCCCCCN1C(=O)c2ccc3c4c(ccc(c24)C1=O)-c1cc2cc(CC)ccc2cc1-3. The van der Waals surface area contributed by atoms with Crippen molar-refractivity contribution in [3.8, 4) is 22.3 Å². The zero-order valence-corrected chi connectivity index (χ0v) is 20.6. The predicted molar refractivity (Wildman–Crippen MR) is 144 cm³/mol. The van der Waals surface area contributed by atoms with Crippen LogP contribution in [0, 0.1) is 0 Å². The minimum absolute atomic E-state index is 0.145. The molecule has 1 aliphatic carbocycles. The van der Waals surface area contributed by atoms with Gasteiger partial charge in [0, 0.05) is 23.1 Å². The summed E-state index contributed by atoms with van der Waals surface area (Å²) in [6.07, 6.45) is 7.78. The maximum Gasteiger partial charge on any atom is 0.261 e. The number of fused-ring (bicyclic) bond motifs is 4. The van der Waals surface area contributed by atoms with Crippen molar-refractivity contribution in [3.05, 3.63) is 71.3 Å². The molecular weight excluding hydrogens is 430 g/mol. The van der Waals surface area contributed by atoms with Gasteiger partial charge in [0.25, 0.3) is 11.8 Å². The van der Waals surface area contributed by atoms with Gasteiger partial charge < -0.3 is 0 Å². The van der Waals surface area contributed by atoms with Crippen LogP contribution < -0.4 is 0 Å². The molecule has 0 aromatic heterocycles. The number of hydrogen-bond acceptors (Lipinski definition) is 2. The number of nitrogens with zero attached hydrogens (tertiary/aromatic N) is 1. The molecule has 0 N–H and O–H groups in total. The van der Waals surface area contributed by atoms with Crippen LogP contribution in [-0.4, -0.2) is 23.3 Å². The summed E-state index contributed by atoms with van der Waals surface area (Å²) in [5.74, 6) is -0.290. The summed E-state index contributed by atoms with van der Waals surface area (Å²) in [5.41, 5.74) is 7.29. The summed E-state index contributed by atoms with van der Waals surface area (Å²) in [7, 11) is 0. The first-order valence-electron chi connectivity index (χ1n) is 13.2. The second kappa shape index (κ2) is 8.64. The Kier molecular flexibility index (Phi) is 5.44. The minimum atomic E-state index is -0.145. The van der Waals surface area contributed by atoms with Gasteiger partial charge in [0.05, 0.1) is 0 Å². The summed E-state index contributed by atoms with van der Waals surface area (Å²) < 4.78 is 0. The van der Waals surface area contributed by atoms with Crippen molar-refractivity contribution in [1.29, 1.82) is 0 Å². The predicted octanol–water partition coefficient (Wildman–Crippen LogP) is 8.16. The maximum atomic E-state index is 13.5. The van der Waals surface area contributed by atoms with Crippen molar-refractivity contribution in [2.75, 3.05) is 6.54 Å². The lowest BCUT2D eigenvalue weighted by Gasteiger charge is -2.27. The number of carbonyl (C=O) groups excluding carboxylic acids is 2. The second-order valence-corrected chi connectivity index (χ2v) is 10.0. The zero-order valence-electron chi connectivity index (χ0n) is 20.6. The van der Waals surface area contributed by atoms with Crippen molar-refractivity contribution < 1.29 is 9.59 Å². The Balaban J connectivity index is 1.40. The molecule has 0 bridgehead atoms. The molecule has 0 saturated heterocycles. The van der Waals surface area contributed by atoms with Crippen LogP contribution in [0.5, 0.6) is 0 Å². The lowest BCUT2D eigenvalue weighted by atomic mass is 9.90. The second-order valence-electron chi connectivity index (χ2n) is 10.0. The molecule has 0 atom stereocenters. The van der Waals surface area contributed by atoms with Gasteiger partial charge in [0.2, 0.25) is 0 Å². The average molecular weight is 462 g/mol. The molecule has 2 aliphatic rings. The molecule has 2 amide bonds. The largest absolute Gasteiger partial charge is 0.274 e. The maximum absolute atomic E-state index is 13.5. The van der Waals surface area contributed by atoms with Gasteiger partial charge in [0.15, 0.2) is 0 Å². The molecule has 6 rings (SSSR count). The number of imide groups is 1. The van der Waals surface area contributed by atoms with Gasteiger partial charge in [0.1, 0.15) is 0 Å². The van der Waals surface area contributed by atoms with E-state index in [4.69, 9.17) is 0 Å².